The molecule has 19 heavy (non-hydrogen) atoms. The molecule has 1 aromatic heterocycles. The first kappa shape index (κ1) is 17.0. The van der Waals surface area contributed by atoms with Gasteiger partial charge in [0.05, 0.1) is 12.2 Å². The van der Waals surface area contributed by atoms with Crippen molar-refractivity contribution in [3.05, 3.63) is 36.8 Å². The minimum Gasteiger partial charge on any atom is -0.475 e. The SMILES string of the molecule is C=CCOC(=O)C(CC)CC.O=C(O)c1ccco1. The Hall–Kier alpha value is -2.04. The molecule has 0 atom stereocenters. The zero-order valence-electron chi connectivity index (χ0n) is 11.3. The van der Waals surface area contributed by atoms with Gasteiger partial charge in [-0.15, -0.1) is 0 Å². The van der Waals surface area contributed by atoms with Gasteiger partial charge in [-0.1, -0.05) is 26.5 Å². The van der Waals surface area contributed by atoms with Crippen molar-refractivity contribution in [2.24, 2.45) is 5.92 Å². The zero-order chi connectivity index (χ0) is 14.7. The smallest absolute Gasteiger partial charge is 0.371 e. The van der Waals surface area contributed by atoms with Crippen LogP contribution in [0.4, 0.5) is 0 Å². The third-order valence-electron chi connectivity index (χ3n) is 2.39. The minimum atomic E-state index is -1.03. The fraction of sp³-hybridized carbons (Fsp3) is 0.429. The molecule has 0 bridgehead atoms. The number of carbonyl (C=O) groups excluding carboxylic acids is 1. The van der Waals surface area contributed by atoms with Gasteiger partial charge in [0.25, 0.3) is 0 Å². The van der Waals surface area contributed by atoms with Gasteiger partial charge in [0.2, 0.25) is 5.76 Å². The van der Waals surface area contributed by atoms with Crippen molar-refractivity contribution < 1.29 is 23.8 Å². The molecule has 0 aliphatic heterocycles. The fourth-order valence-corrected chi connectivity index (χ4v) is 1.28. The van der Waals surface area contributed by atoms with Crippen molar-refractivity contribution >= 4 is 11.9 Å². The van der Waals surface area contributed by atoms with Crippen LogP contribution in [0.2, 0.25) is 0 Å². The molecule has 0 amide bonds. The Kier molecular flexibility index (Phi) is 8.87. The second kappa shape index (κ2) is 9.94. The van der Waals surface area contributed by atoms with E-state index in [-0.39, 0.29) is 17.6 Å². The third kappa shape index (κ3) is 7.08. The van der Waals surface area contributed by atoms with Gasteiger partial charge in [-0.05, 0) is 25.0 Å². The zero-order valence-corrected chi connectivity index (χ0v) is 11.3. The van der Waals surface area contributed by atoms with E-state index in [0.29, 0.717) is 6.61 Å². The van der Waals surface area contributed by atoms with Crippen molar-refractivity contribution in [3.8, 4) is 0 Å². The van der Waals surface area contributed by atoms with E-state index in [9.17, 15) is 9.59 Å². The van der Waals surface area contributed by atoms with Gasteiger partial charge in [-0.25, -0.2) is 4.79 Å². The van der Waals surface area contributed by atoms with Crippen LogP contribution in [0, 0.1) is 5.92 Å². The molecule has 1 aromatic rings. The number of carboxylic acid groups (broad SMARTS) is 1. The first-order valence-corrected chi connectivity index (χ1v) is 6.11. The summed E-state index contributed by atoms with van der Waals surface area (Å²) in [5.41, 5.74) is 0. The predicted octanol–water partition coefficient (Wildman–Crippen LogP) is 3.13. The van der Waals surface area contributed by atoms with E-state index >= 15 is 0 Å². The number of carboxylic acids is 1. The quantitative estimate of drug-likeness (QED) is 0.633. The van der Waals surface area contributed by atoms with Crippen LogP contribution < -0.4 is 0 Å². The average Bonchev–Trinajstić information content (AvgIpc) is 2.92. The molecule has 1 N–H and O–H groups in total. The molecular weight excluding hydrogens is 248 g/mol. The highest BCUT2D eigenvalue weighted by Crippen LogP contribution is 2.09. The van der Waals surface area contributed by atoms with Crippen molar-refractivity contribution in [1.29, 1.82) is 0 Å². The standard InChI is InChI=1S/C9H16O2.C5H4O3/c1-4-7-11-9(10)8(5-2)6-3;6-5(7)4-2-1-3-8-4/h4,8H,1,5-7H2,2-3H3;1-3H,(H,6,7). The molecule has 0 spiro atoms. The lowest BCUT2D eigenvalue weighted by molar-refractivity contribution is -0.147. The fourth-order valence-electron chi connectivity index (χ4n) is 1.28. The third-order valence-corrected chi connectivity index (χ3v) is 2.39. The lowest BCUT2D eigenvalue weighted by atomic mass is 10.0. The molecule has 0 saturated heterocycles. The highest BCUT2D eigenvalue weighted by molar-refractivity contribution is 5.84. The Bertz CT molecular complexity index is 377. The maximum atomic E-state index is 11.1. The van der Waals surface area contributed by atoms with Gasteiger partial charge < -0.3 is 14.3 Å². The Morgan fingerprint density at radius 3 is 2.42 bits per heavy atom. The monoisotopic (exact) mass is 268 g/mol. The van der Waals surface area contributed by atoms with E-state index in [4.69, 9.17) is 9.84 Å². The topological polar surface area (TPSA) is 76.7 Å². The van der Waals surface area contributed by atoms with Crippen LogP contribution in [0.25, 0.3) is 0 Å². The van der Waals surface area contributed by atoms with Crippen LogP contribution in [-0.2, 0) is 9.53 Å². The summed E-state index contributed by atoms with van der Waals surface area (Å²) in [6.45, 7) is 7.77. The predicted molar refractivity (Wildman–Crippen MR) is 70.9 cm³/mol. The van der Waals surface area contributed by atoms with Gasteiger partial charge in [0.15, 0.2) is 0 Å². The number of esters is 1. The summed E-state index contributed by atoms with van der Waals surface area (Å²) in [7, 11) is 0. The summed E-state index contributed by atoms with van der Waals surface area (Å²) < 4.78 is 9.37. The van der Waals surface area contributed by atoms with Gasteiger partial charge in [0, 0.05) is 0 Å². The van der Waals surface area contributed by atoms with E-state index in [0.717, 1.165) is 12.8 Å². The van der Waals surface area contributed by atoms with Crippen LogP contribution in [0.15, 0.2) is 35.5 Å². The highest BCUT2D eigenvalue weighted by atomic mass is 16.5. The molecule has 106 valence electrons. The van der Waals surface area contributed by atoms with Crippen molar-refractivity contribution in [3.63, 3.8) is 0 Å². The van der Waals surface area contributed by atoms with Gasteiger partial charge in [0.1, 0.15) is 6.61 Å². The molecule has 1 rings (SSSR count). The molecule has 0 unspecified atom stereocenters. The van der Waals surface area contributed by atoms with Crippen LogP contribution in [0.3, 0.4) is 0 Å². The average molecular weight is 268 g/mol. The Morgan fingerprint density at radius 2 is 2.11 bits per heavy atom. The molecule has 1 heterocycles. The normalized spacial score (nSPS) is 9.42. The number of hydrogen-bond acceptors (Lipinski definition) is 4. The van der Waals surface area contributed by atoms with Crippen molar-refractivity contribution in [2.75, 3.05) is 6.61 Å². The summed E-state index contributed by atoms with van der Waals surface area (Å²) in [5.74, 6) is -1.09. The molecule has 0 fully saturated rings. The molecule has 5 heteroatoms. The molecular formula is C14H20O5. The first-order chi connectivity index (χ1) is 9.06. The van der Waals surface area contributed by atoms with E-state index in [1.807, 2.05) is 13.8 Å². The number of rotatable bonds is 6. The molecule has 0 saturated carbocycles. The van der Waals surface area contributed by atoms with Crippen LogP contribution in [0.5, 0.6) is 0 Å². The van der Waals surface area contributed by atoms with Gasteiger partial charge in [-0.2, -0.15) is 0 Å². The summed E-state index contributed by atoms with van der Waals surface area (Å²) >= 11 is 0. The molecule has 0 radical (unpaired) electrons. The Balaban J connectivity index is 0.000000356. The second-order valence-corrected chi connectivity index (χ2v) is 3.71. The van der Waals surface area contributed by atoms with Crippen molar-refractivity contribution in [1.82, 2.24) is 0 Å². The van der Waals surface area contributed by atoms with Gasteiger partial charge in [-0.3, -0.25) is 4.79 Å². The second-order valence-electron chi connectivity index (χ2n) is 3.71. The lowest BCUT2D eigenvalue weighted by Gasteiger charge is -2.09. The highest BCUT2D eigenvalue weighted by Gasteiger charge is 2.14. The summed E-state index contributed by atoms with van der Waals surface area (Å²) in [4.78, 5) is 21.1. The number of hydrogen-bond donors (Lipinski definition) is 1. The molecule has 0 aromatic carbocycles. The lowest BCUT2D eigenvalue weighted by Crippen LogP contribution is -2.16. The molecule has 0 aliphatic carbocycles. The summed E-state index contributed by atoms with van der Waals surface area (Å²) in [6.07, 6.45) is 4.61. The first-order valence-electron chi connectivity index (χ1n) is 6.11. The maximum Gasteiger partial charge on any atom is 0.371 e. The number of aromatic carboxylic acids is 1. The number of carbonyl (C=O) groups is 2. The van der Waals surface area contributed by atoms with Crippen LogP contribution in [-0.4, -0.2) is 23.7 Å². The van der Waals surface area contributed by atoms with E-state index in [1.165, 1.54) is 18.4 Å². The van der Waals surface area contributed by atoms with E-state index in [1.54, 1.807) is 6.08 Å². The largest absolute Gasteiger partial charge is 0.475 e. The maximum absolute atomic E-state index is 11.1. The van der Waals surface area contributed by atoms with Gasteiger partial charge >= 0.3 is 11.9 Å². The minimum absolute atomic E-state index is 0.0231. The Morgan fingerprint density at radius 1 is 1.47 bits per heavy atom. The molecule has 0 aliphatic rings. The Labute approximate surface area is 112 Å². The summed E-state index contributed by atoms with van der Waals surface area (Å²) in [5, 5.41) is 8.18. The van der Waals surface area contributed by atoms with Crippen molar-refractivity contribution in [2.45, 2.75) is 26.7 Å². The van der Waals surface area contributed by atoms with Crippen LogP contribution >= 0.6 is 0 Å². The number of furan rings is 1. The van der Waals surface area contributed by atoms with Crippen LogP contribution in [0.1, 0.15) is 37.2 Å². The van der Waals surface area contributed by atoms with E-state index < -0.39 is 5.97 Å². The van der Waals surface area contributed by atoms with E-state index in [2.05, 4.69) is 11.0 Å². The summed E-state index contributed by atoms with van der Waals surface area (Å²) in [6, 6.07) is 2.92. The molecule has 5 nitrogen and oxygen atoms in total. The number of ether oxygens (including phenoxy) is 1.